The molecule has 136 valence electrons. The Morgan fingerprint density at radius 3 is 2.31 bits per heavy atom. The highest BCUT2D eigenvalue weighted by Gasteiger charge is 2.18. The fourth-order valence-electron chi connectivity index (χ4n) is 2.23. The lowest BCUT2D eigenvalue weighted by atomic mass is 10.1. The van der Waals surface area contributed by atoms with E-state index in [0.717, 1.165) is 0 Å². The summed E-state index contributed by atoms with van der Waals surface area (Å²) in [5.41, 5.74) is 0.943. The molecule has 1 amide bonds. The normalized spacial score (nSPS) is 11.3. The average Bonchev–Trinajstić information content (AvgIpc) is 2.65. The summed E-state index contributed by atoms with van der Waals surface area (Å²) in [7, 11) is 0. The number of nitrogens with one attached hydrogen (secondary N) is 1. The maximum atomic E-state index is 12.0. The van der Waals surface area contributed by atoms with Gasteiger partial charge in [0.1, 0.15) is 25.0 Å². The number of Topliss-reactive ketones (excluding diaryl/α,β-unsaturated/α-hetero) is 1. The van der Waals surface area contributed by atoms with Gasteiger partial charge >= 0.3 is 5.97 Å². The van der Waals surface area contributed by atoms with Crippen LogP contribution in [0.5, 0.6) is 5.75 Å². The van der Waals surface area contributed by atoms with Gasteiger partial charge in [-0.15, -0.1) is 0 Å². The van der Waals surface area contributed by atoms with E-state index in [-0.39, 0.29) is 24.9 Å². The highest BCUT2D eigenvalue weighted by molar-refractivity contribution is 5.97. The summed E-state index contributed by atoms with van der Waals surface area (Å²) in [4.78, 5) is 35.5. The topological polar surface area (TPSA) is 81.7 Å². The number of ether oxygens (including phenoxy) is 2. The van der Waals surface area contributed by atoms with Crippen molar-refractivity contribution in [3.05, 3.63) is 65.7 Å². The third-order valence-electron chi connectivity index (χ3n) is 3.59. The fourth-order valence-corrected chi connectivity index (χ4v) is 2.23. The maximum Gasteiger partial charge on any atom is 0.328 e. The van der Waals surface area contributed by atoms with Gasteiger partial charge in [0.15, 0.2) is 5.78 Å². The monoisotopic (exact) mass is 355 g/mol. The zero-order valence-electron chi connectivity index (χ0n) is 14.7. The first kappa shape index (κ1) is 19.2. The number of carbonyl (C=O) groups excluding carboxylic acids is 3. The number of carbonyl (C=O) groups is 3. The van der Waals surface area contributed by atoms with Crippen LogP contribution in [0.2, 0.25) is 0 Å². The van der Waals surface area contributed by atoms with Crippen molar-refractivity contribution in [2.24, 2.45) is 0 Å². The highest BCUT2D eigenvalue weighted by Crippen LogP contribution is 2.18. The zero-order chi connectivity index (χ0) is 18.9. The number of amides is 1. The van der Waals surface area contributed by atoms with E-state index < -0.39 is 12.0 Å². The molecule has 6 heteroatoms. The van der Waals surface area contributed by atoms with Crippen LogP contribution < -0.4 is 10.1 Å². The Bertz CT molecular complexity index is 773. The molecular weight excluding hydrogens is 334 g/mol. The van der Waals surface area contributed by atoms with Crippen LogP contribution in [0.15, 0.2) is 54.6 Å². The van der Waals surface area contributed by atoms with Crippen LogP contribution in [0.1, 0.15) is 34.6 Å². The molecule has 0 radical (unpaired) electrons. The second kappa shape index (κ2) is 9.36. The molecule has 0 aliphatic rings. The number of hydrogen-bond acceptors (Lipinski definition) is 5. The maximum absolute atomic E-state index is 12.0. The van der Waals surface area contributed by atoms with Crippen LogP contribution >= 0.6 is 0 Å². The Kier molecular flexibility index (Phi) is 6.91. The van der Waals surface area contributed by atoms with Crippen LogP contribution in [0.25, 0.3) is 0 Å². The third kappa shape index (κ3) is 5.44. The van der Waals surface area contributed by atoms with Gasteiger partial charge in [-0.05, 0) is 38.1 Å². The lowest BCUT2D eigenvalue weighted by Gasteiger charge is -2.14. The first-order valence-corrected chi connectivity index (χ1v) is 8.24. The fraction of sp³-hybridized carbons (Fsp3) is 0.250. The predicted octanol–water partition coefficient (Wildman–Crippen LogP) is 2.63. The smallest absolute Gasteiger partial charge is 0.328 e. The first-order chi connectivity index (χ1) is 12.5. The van der Waals surface area contributed by atoms with Crippen molar-refractivity contribution in [2.75, 3.05) is 13.2 Å². The molecule has 2 rings (SSSR count). The Morgan fingerprint density at radius 1 is 0.962 bits per heavy atom. The molecule has 6 nitrogen and oxygen atoms in total. The van der Waals surface area contributed by atoms with E-state index in [4.69, 9.17) is 9.47 Å². The second-order valence-electron chi connectivity index (χ2n) is 5.63. The molecule has 1 atom stereocenters. The van der Waals surface area contributed by atoms with Crippen LogP contribution in [0.4, 0.5) is 0 Å². The molecule has 1 N–H and O–H groups in total. The molecule has 0 aromatic heterocycles. The van der Waals surface area contributed by atoms with E-state index in [1.54, 1.807) is 61.5 Å². The summed E-state index contributed by atoms with van der Waals surface area (Å²) in [6.45, 7) is 3.13. The number of para-hydroxylation sites is 1. The number of benzene rings is 2. The molecule has 0 fully saturated rings. The van der Waals surface area contributed by atoms with Crippen molar-refractivity contribution in [1.29, 1.82) is 0 Å². The van der Waals surface area contributed by atoms with E-state index in [1.807, 2.05) is 0 Å². The quantitative estimate of drug-likeness (QED) is 0.447. The summed E-state index contributed by atoms with van der Waals surface area (Å²) in [5.74, 6) is -0.560. The van der Waals surface area contributed by atoms with Crippen molar-refractivity contribution in [2.45, 2.75) is 19.9 Å². The second-order valence-corrected chi connectivity index (χ2v) is 5.63. The number of hydrogen-bond donors (Lipinski definition) is 1. The average molecular weight is 355 g/mol. The van der Waals surface area contributed by atoms with Crippen molar-refractivity contribution in [3.63, 3.8) is 0 Å². The Labute approximate surface area is 152 Å². The largest absolute Gasteiger partial charge is 0.489 e. The third-order valence-corrected chi connectivity index (χ3v) is 3.59. The molecule has 0 saturated heterocycles. The van der Waals surface area contributed by atoms with E-state index in [2.05, 4.69) is 5.32 Å². The van der Waals surface area contributed by atoms with Crippen LogP contribution in [0.3, 0.4) is 0 Å². The van der Waals surface area contributed by atoms with Gasteiger partial charge in [0.05, 0.1) is 5.56 Å². The van der Waals surface area contributed by atoms with Crippen molar-refractivity contribution in [1.82, 2.24) is 5.32 Å². The predicted molar refractivity (Wildman–Crippen MR) is 96.3 cm³/mol. The highest BCUT2D eigenvalue weighted by atomic mass is 16.6. The van der Waals surface area contributed by atoms with Gasteiger partial charge in [-0.1, -0.05) is 30.3 Å². The van der Waals surface area contributed by atoms with Crippen molar-refractivity contribution < 1.29 is 23.9 Å². The van der Waals surface area contributed by atoms with E-state index in [1.165, 1.54) is 6.92 Å². The molecule has 0 spiro atoms. The van der Waals surface area contributed by atoms with E-state index in [9.17, 15) is 14.4 Å². The van der Waals surface area contributed by atoms with Gasteiger partial charge < -0.3 is 14.8 Å². The number of rotatable bonds is 8. The Balaban J connectivity index is 1.76. The molecule has 2 aromatic carbocycles. The summed E-state index contributed by atoms with van der Waals surface area (Å²) in [6.07, 6.45) is 0. The summed E-state index contributed by atoms with van der Waals surface area (Å²) >= 11 is 0. The molecular formula is C20H21NO5. The van der Waals surface area contributed by atoms with Gasteiger partial charge in [0.25, 0.3) is 5.91 Å². The minimum Gasteiger partial charge on any atom is -0.489 e. The standard InChI is InChI=1S/C20H21NO5/c1-14(21-19(23)16-8-4-3-5-9-16)20(24)26-13-12-25-18-11-7-6-10-17(18)15(2)22/h3-11,14H,12-13H2,1-2H3,(H,21,23)/t14-/m0/s1. The lowest BCUT2D eigenvalue weighted by molar-refractivity contribution is -0.146. The molecule has 0 aliphatic carbocycles. The minimum atomic E-state index is -0.785. The molecule has 0 aliphatic heterocycles. The van der Waals surface area contributed by atoms with Gasteiger partial charge in [0, 0.05) is 5.56 Å². The molecule has 0 heterocycles. The molecule has 2 aromatic rings. The Hall–Kier alpha value is -3.15. The summed E-state index contributed by atoms with van der Waals surface area (Å²) < 4.78 is 10.6. The molecule has 0 saturated carbocycles. The van der Waals surface area contributed by atoms with Crippen molar-refractivity contribution in [3.8, 4) is 5.75 Å². The molecule has 26 heavy (non-hydrogen) atoms. The SMILES string of the molecule is CC(=O)c1ccccc1OCCOC(=O)[C@H](C)NC(=O)c1ccccc1. The van der Waals surface area contributed by atoms with Gasteiger partial charge in [-0.3, -0.25) is 9.59 Å². The summed E-state index contributed by atoms with van der Waals surface area (Å²) in [6, 6.07) is 14.7. The first-order valence-electron chi connectivity index (χ1n) is 8.24. The Morgan fingerprint density at radius 2 is 1.62 bits per heavy atom. The van der Waals surface area contributed by atoms with E-state index >= 15 is 0 Å². The number of ketones is 1. The molecule has 0 bridgehead atoms. The minimum absolute atomic E-state index is 0.0105. The van der Waals surface area contributed by atoms with Gasteiger partial charge in [-0.2, -0.15) is 0 Å². The molecule has 0 unspecified atom stereocenters. The summed E-state index contributed by atoms with van der Waals surface area (Å²) in [5, 5.41) is 2.58. The van der Waals surface area contributed by atoms with E-state index in [0.29, 0.717) is 16.9 Å². The van der Waals surface area contributed by atoms with Crippen LogP contribution in [0, 0.1) is 0 Å². The van der Waals surface area contributed by atoms with Crippen molar-refractivity contribution >= 4 is 17.7 Å². The van der Waals surface area contributed by atoms with Crippen LogP contribution in [-0.2, 0) is 9.53 Å². The van der Waals surface area contributed by atoms with Crippen LogP contribution in [-0.4, -0.2) is 36.9 Å². The number of esters is 1. The van der Waals surface area contributed by atoms with Gasteiger partial charge in [0.2, 0.25) is 0 Å². The zero-order valence-corrected chi connectivity index (χ0v) is 14.7. The lowest BCUT2D eigenvalue weighted by Crippen LogP contribution is -2.39. The van der Waals surface area contributed by atoms with Gasteiger partial charge in [-0.25, -0.2) is 4.79 Å².